The third kappa shape index (κ3) is 3.63. The Morgan fingerprint density at radius 3 is 2.79 bits per heavy atom. The van der Waals surface area contributed by atoms with Gasteiger partial charge in [-0.25, -0.2) is 5.43 Å². The summed E-state index contributed by atoms with van der Waals surface area (Å²) in [6.07, 6.45) is 1.56. The molecule has 1 aromatic heterocycles. The molecule has 1 heterocycles. The molecular formula is C14H12ClN3O. The van der Waals surface area contributed by atoms with Gasteiger partial charge in [0.1, 0.15) is 5.69 Å². The van der Waals surface area contributed by atoms with E-state index in [-0.39, 0.29) is 5.91 Å². The van der Waals surface area contributed by atoms with Gasteiger partial charge < -0.3 is 0 Å². The molecule has 0 aliphatic heterocycles. The second kappa shape index (κ2) is 6.11. The van der Waals surface area contributed by atoms with Gasteiger partial charge in [0.2, 0.25) is 0 Å². The minimum absolute atomic E-state index is 0.324. The third-order valence-electron chi connectivity index (χ3n) is 2.47. The van der Waals surface area contributed by atoms with Crippen LogP contribution in [-0.4, -0.2) is 16.6 Å². The smallest absolute Gasteiger partial charge is 0.266 e. The molecule has 2 aromatic rings. The van der Waals surface area contributed by atoms with Crippen LogP contribution in [0.25, 0.3) is 0 Å². The van der Waals surface area contributed by atoms with Gasteiger partial charge in [-0.3, -0.25) is 9.78 Å². The predicted octanol–water partition coefficient (Wildman–Crippen LogP) is 2.89. The fourth-order valence-corrected chi connectivity index (χ4v) is 1.66. The van der Waals surface area contributed by atoms with E-state index in [0.29, 0.717) is 16.4 Å². The van der Waals surface area contributed by atoms with E-state index in [1.54, 1.807) is 43.5 Å². The molecule has 0 unspecified atom stereocenters. The molecule has 1 N–H and O–H groups in total. The lowest BCUT2D eigenvalue weighted by atomic mass is 10.1. The largest absolute Gasteiger partial charge is 0.289 e. The molecule has 0 radical (unpaired) electrons. The van der Waals surface area contributed by atoms with E-state index in [0.717, 1.165) is 5.56 Å². The Bertz CT molecular complexity index is 611. The number of hydrazone groups is 1. The van der Waals surface area contributed by atoms with Crippen molar-refractivity contribution in [2.75, 3.05) is 0 Å². The van der Waals surface area contributed by atoms with E-state index < -0.39 is 0 Å². The zero-order valence-electron chi connectivity index (χ0n) is 10.3. The lowest BCUT2D eigenvalue weighted by molar-refractivity contribution is 0.0950. The summed E-state index contributed by atoms with van der Waals surface area (Å²) in [4.78, 5) is 15.7. The number of carbonyl (C=O) groups excluding carboxylic acids is 1. The van der Waals surface area contributed by atoms with Crippen molar-refractivity contribution in [2.24, 2.45) is 5.10 Å². The molecule has 4 nitrogen and oxygen atoms in total. The van der Waals surface area contributed by atoms with Crippen LogP contribution in [0.1, 0.15) is 23.0 Å². The van der Waals surface area contributed by atoms with Crippen LogP contribution in [-0.2, 0) is 0 Å². The monoisotopic (exact) mass is 273 g/mol. The van der Waals surface area contributed by atoms with E-state index in [4.69, 9.17) is 11.6 Å². The summed E-state index contributed by atoms with van der Waals surface area (Å²) in [5, 5.41) is 4.66. The Hall–Kier alpha value is -2.20. The molecule has 0 saturated heterocycles. The van der Waals surface area contributed by atoms with E-state index in [9.17, 15) is 4.79 Å². The number of amides is 1. The predicted molar refractivity (Wildman–Crippen MR) is 75.4 cm³/mol. The lowest BCUT2D eigenvalue weighted by Crippen LogP contribution is -2.20. The van der Waals surface area contributed by atoms with Crippen LogP contribution in [0, 0.1) is 0 Å². The number of pyridine rings is 1. The normalized spacial score (nSPS) is 11.2. The molecule has 1 amide bonds. The van der Waals surface area contributed by atoms with Gasteiger partial charge in [0.25, 0.3) is 5.91 Å². The quantitative estimate of drug-likeness (QED) is 0.690. The standard InChI is InChI=1S/C14H12ClN3O/c1-10(11-5-4-6-12(15)9-11)17-18-14(19)13-7-2-3-8-16-13/h2-9H,1H3,(H,18,19)/b17-10-. The highest BCUT2D eigenvalue weighted by Gasteiger charge is 2.05. The van der Waals surface area contributed by atoms with Crippen molar-refractivity contribution in [2.45, 2.75) is 6.92 Å². The fraction of sp³-hybridized carbons (Fsp3) is 0.0714. The zero-order valence-corrected chi connectivity index (χ0v) is 11.1. The average molecular weight is 274 g/mol. The first kappa shape index (κ1) is 13.2. The van der Waals surface area contributed by atoms with Crippen molar-refractivity contribution in [3.8, 4) is 0 Å². The van der Waals surface area contributed by atoms with Gasteiger partial charge in [-0.1, -0.05) is 29.8 Å². The molecule has 0 aliphatic carbocycles. The van der Waals surface area contributed by atoms with Gasteiger partial charge in [-0.15, -0.1) is 0 Å². The average Bonchev–Trinajstić information content (AvgIpc) is 2.45. The maximum atomic E-state index is 11.7. The van der Waals surface area contributed by atoms with Crippen LogP contribution < -0.4 is 5.43 Å². The van der Waals surface area contributed by atoms with Gasteiger partial charge in [-0.05, 0) is 36.8 Å². The first-order valence-electron chi connectivity index (χ1n) is 5.68. The van der Waals surface area contributed by atoms with E-state index in [1.165, 1.54) is 0 Å². The minimum atomic E-state index is -0.345. The summed E-state index contributed by atoms with van der Waals surface area (Å²) < 4.78 is 0. The summed E-state index contributed by atoms with van der Waals surface area (Å²) in [5.74, 6) is -0.345. The van der Waals surface area contributed by atoms with Crippen molar-refractivity contribution in [3.05, 3.63) is 64.9 Å². The highest BCUT2D eigenvalue weighted by molar-refractivity contribution is 6.31. The SMILES string of the molecule is C/C(=N/NC(=O)c1ccccn1)c1cccc(Cl)c1. The summed E-state index contributed by atoms with van der Waals surface area (Å²) in [6.45, 7) is 1.80. The highest BCUT2D eigenvalue weighted by atomic mass is 35.5. The molecule has 19 heavy (non-hydrogen) atoms. The van der Waals surface area contributed by atoms with Gasteiger partial charge in [0.15, 0.2) is 0 Å². The van der Waals surface area contributed by atoms with E-state index in [2.05, 4.69) is 15.5 Å². The van der Waals surface area contributed by atoms with Crippen LogP contribution in [0.4, 0.5) is 0 Å². The zero-order chi connectivity index (χ0) is 13.7. The Kier molecular flexibility index (Phi) is 4.26. The number of hydrogen-bond acceptors (Lipinski definition) is 3. The van der Waals surface area contributed by atoms with Crippen LogP contribution >= 0.6 is 11.6 Å². The molecule has 0 atom stereocenters. The van der Waals surface area contributed by atoms with E-state index in [1.807, 2.05) is 12.1 Å². The van der Waals surface area contributed by atoms with Gasteiger partial charge in [-0.2, -0.15) is 5.10 Å². The van der Waals surface area contributed by atoms with Crippen LogP contribution in [0.3, 0.4) is 0 Å². The number of hydrogen-bond donors (Lipinski definition) is 1. The number of nitrogens with one attached hydrogen (secondary N) is 1. The second-order valence-corrected chi connectivity index (χ2v) is 4.30. The summed E-state index contributed by atoms with van der Waals surface area (Å²) in [6, 6.07) is 12.4. The summed E-state index contributed by atoms with van der Waals surface area (Å²) >= 11 is 5.90. The lowest BCUT2D eigenvalue weighted by Gasteiger charge is -2.03. The van der Waals surface area contributed by atoms with Crippen LogP contribution in [0.2, 0.25) is 5.02 Å². The Morgan fingerprint density at radius 1 is 1.26 bits per heavy atom. The van der Waals surface area contributed by atoms with Crippen molar-refractivity contribution in [1.29, 1.82) is 0 Å². The molecule has 0 saturated carbocycles. The Balaban J connectivity index is 2.09. The summed E-state index contributed by atoms with van der Waals surface area (Å²) in [5.41, 5.74) is 4.31. The first-order valence-corrected chi connectivity index (χ1v) is 6.06. The molecule has 5 heteroatoms. The van der Waals surface area contributed by atoms with Gasteiger partial charge in [0.05, 0.1) is 5.71 Å². The molecule has 0 bridgehead atoms. The topological polar surface area (TPSA) is 54.4 Å². The van der Waals surface area contributed by atoms with Crippen molar-refractivity contribution in [1.82, 2.24) is 10.4 Å². The molecule has 0 aliphatic rings. The second-order valence-electron chi connectivity index (χ2n) is 3.86. The number of benzene rings is 1. The maximum absolute atomic E-state index is 11.7. The third-order valence-corrected chi connectivity index (χ3v) is 2.70. The Labute approximate surface area is 116 Å². The van der Waals surface area contributed by atoms with Gasteiger partial charge >= 0.3 is 0 Å². The minimum Gasteiger partial charge on any atom is -0.266 e. The van der Waals surface area contributed by atoms with Crippen molar-refractivity contribution < 1.29 is 4.79 Å². The number of rotatable bonds is 3. The fourth-order valence-electron chi connectivity index (χ4n) is 1.47. The number of nitrogens with zero attached hydrogens (tertiary/aromatic N) is 2. The molecule has 0 fully saturated rings. The van der Waals surface area contributed by atoms with Crippen molar-refractivity contribution >= 4 is 23.2 Å². The molecule has 96 valence electrons. The number of carbonyl (C=O) groups is 1. The molecular weight excluding hydrogens is 262 g/mol. The molecule has 2 rings (SSSR count). The van der Waals surface area contributed by atoms with Gasteiger partial charge in [0, 0.05) is 11.2 Å². The summed E-state index contributed by atoms with van der Waals surface area (Å²) in [7, 11) is 0. The Morgan fingerprint density at radius 2 is 2.11 bits per heavy atom. The molecule has 0 spiro atoms. The number of halogens is 1. The van der Waals surface area contributed by atoms with Crippen LogP contribution in [0.5, 0.6) is 0 Å². The molecule has 1 aromatic carbocycles. The maximum Gasteiger partial charge on any atom is 0.289 e. The number of aromatic nitrogens is 1. The highest BCUT2D eigenvalue weighted by Crippen LogP contribution is 2.11. The van der Waals surface area contributed by atoms with Crippen molar-refractivity contribution in [3.63, 3.8) is 0 Å². The first-order chi connectivity index (χ1) is 9.16. The van der Waals surface area contributed by atoms with Crippen LogP contribution in [0.15, 0.2) is 53.8 Å². The van der Waals surface area contributed by atoms with E-state index >= 15 is 0 Å².